The van der Waals surface area contributed by atoms with Gasteiger partial charge in [0.1, 0.15) is 9.84 Å². The van der Waals surface area contributed by atoms with Crippen LogP contribution in [-0.4, -0.2) is 24.5 Å². The fourth-order valence-corrected chi connectivity index (χ4v) is 3.20. The lowest BCUT2D eigenvalue weighted by molar-refractivity contribution is 0.587. The quantitative estimate of drug-likeness (QED) is 0.871. The van der Waals surface area contributed by atoms with Crippen LogP contribution in [0.4, 0.5) is 0 Å². The minimum absolute atomic E-state index is 0.0944. The molecular weight excluding hydrogens is 288 g/mol. The number of benzene rings is 1. The molecule has 2 aromatic rings. The molecule has 21 heavy (non-hydrogen) atoms. The van der Waals surface area contributed by atoms with Gasteiger partial charge in [-0.2, -0.15) is 0 Å². The van der Waals surface area contributed by atoms with Crippen LogP contribution in [0.2, 0.25) is 0 Å². The van der Waals surface area contributed by atoms with Crippen molar-refractivity contribution in [3.63, 3.8) is 0 Å². The smallest absolute Gasteiger partial charge is 0.255 e. The average Bonchev–Trinajstić information content (AvgIpc) is 2.49. The van der Waals surface area contributed by atoms with Crippen molar-refractivity contribution in [2.75, 3.05) is 11.5 Å². The molecule has 1 heterocycles. The van der Waals surface area contributed by atoms with Crippen LogP contribution in [0, 0.1) is 0 Å². The number of fused-ring (bicyclic) bond motifs is 1. The van der Waals surface area contributed by atoms with E-state index in [4.69, 9.17) is 5.73 Å². The van der Waals surface area contributed by atoms with E-state index in [1.54, 1.807) is 17.6 Å². The molecule has 0 saturated heterocycles. The van der Waals surface area contributed by atoms with Gasteiger partial charge in [0.15, 0.2) is 0 Å². The van der Waals surface area contributed by atoms with Crippen LogP contribution >= 0.6 is 0 Å². The van der Waals surface area contributed by atoms with Gasteiger partial charge in [0.25, 0.3) is 5.56 Å². The fraction of sp³-hybridized carbons (Fsp3) is 0.400. The summed E-state index contributed by atoms with van der Waals surface area (Å²) in [7, 11) is -3.01. The Labute approximate surface area is 124 Å². The van der Waals surface area contributed by atoms with Crippen molar-refractivity contribution in [1.82, 2.24) is 4.57 Å². The van der Waals surface area contributed by atoms with Gasteiger partial charge < -0.3 is 10.3 Å². The second-order valence-corrected chi connectivity index (χ2v) is 7.45. The van der Waals surface area contributed by atoms with Gasteiger partial charge in [-0.15, -0.1) is 0 Å². The summed E-state index contributed by atoms with van der Waals surface area (Å²) >= 11 is 0. The molecule has 0 aliphatic rings. The van der Waals surface area contributed by atoms with Crippen molar-refractivity contribution in [3.8, 4) is 0 Å². The molecule has 0 saturated carbocycles. The first-order valence-corrected chi connectivity index (χ1v) is 8.82. The van der Waals surface area contributed by atoms with Crippen molar-refractivity contribution in [3.05, 3.63) is 46.2 Å². The van der Waals surface area contributed by atoms with Gasteiger partial charge in [0.05, 0.1) is 11.3 Å². The van der Waals surface area contributed by atoms with Gasteiger partial charge in [-0.3, -0.25) is 4.79 Å². The lowest BCUT2D eigenvalue weighted by atomic mass is 10.1. The first-order chi connectivity index (χ1) is 9.98. The SMILES string of the molecule is CCS(=O)(=O)CCCn1c(=O)c(CN)cc2ccccc21. The minimum atomic E-state index is -3.01. The van der Waals surface area contributed by atoms with Crippen LogP contribution in [0.3, 0.4) is 0 Å². The molecule has 114 valence electrons. The zero-order valence-electron chi connectivity index (χ0n) is 12.1. The number of nitrogens with zero attached hydrogens (tertiary/aromatic N) is 1. The second-order valence-electron chi connectivity index (χ2n) is 4.98. The molecule has 0 spiro atoms. The first-order valence-electron chi connectivity index (χ1n) is 7.00. The summed E-state index contributed by atoms with van der Waals surface area (Å²) in [6, 6.07) is 9.36. The summed E-state index contributed by atoms with van der Waals surface area (Å²) in [4.78, 5) is 12.4. The van der Waals surface area contributed by atoms with E-state index < -0.39 is 9.84 Å². The van der Waals surface area contributed by atoms with Crippen LogP contribution in [0.1, 0.15) is 18.9 Å². The van der Waals surface area contributed by atoms with E-state index in [-0.39, 0.29) is 23.6 Å². The second kappa shape index (κ2) is 6.41. The Kier molecular flexibility index (Phi) is 4.80. The molecule has 2 rings (SSSR count). The van der Waals surface area contributed by atoms with Crippen LogP contribution in [0.5, 0.6) is 0 Å². The molecular formula is C15H20N2O3S. The molecule has 2 N–H and O–H groups in total. The van der Waals surface area contributed by atoms with Crippen LogP contribution in [-0.2, 0) is 22.9 Å². The van der Waals surface area contributed by atoms with Gasteiger partial charge in [-0.1, -0.05) is 25.1 Å². The van der Waals surface area contributed by atoms with Crippen LogP contribution in [0.25, 0.3) is 10.9 Å². The van der Waals surface area contributed by atoms with E-state index >= 15 is 0 Å². The number of pyridine rings is 1. The zero-order chi connectivity index (χ0) is 15.5. The molecule has 0 aliphatic carbocycles. The van der Waals surface area contributed by atoms with E-state index in [9.17, 15) is 13.2 Å². The topological polar surface area (TPSA) is 82.2 Å². The number of hydrogen-bond donors (Lipinski definition) is 1. The van der Waals surface area contributed by atoms with Gasteiger partial charge >= 0.3 is 0 Å². The first kappa shape index (κ1) is 15.7. The Morgan fingerprint density at radius 3 is 2.62 bits per heavy atom. The zero-order valence-corrected chi connectivity index (χ0v) is 12.9. The lowest BCUT2D eigenvalue weighted by Crippen LogP contribution is -2.26. The monoisotopic (exact) mass is 308 g/mol. The maximum atomic E-state index is 12.4. The number of nitrogens with two attached hydrogens (primary N) is 1. The van der Waals surface area contributed by atoms with E-state index in [1.807, 2.05) is 24.3 Å². The van der Waals surface area contributed by atoms with Crippen LogP contribution in [0.15, 0.2) is 35.1 Å². The number of aryl methyl sites for hydroxylation is 1. The largest absolute Gasteiger partial charge is 0.326 e. The Hall–Kier alpha value is -1.66. The number of sulfone groups is 1. The molecule has 0 aliphatic heterocycles. The molecule has 1 aromatic carbocycles. The van der Waals surface area contributed by atoms with Crippen molar-refractivity contribution < 1.29 is 8.42 Å². The van der Waals surface area contributed by atoms with Gasteiger partial charge in [0.2, 0.25) is 0 Å². The third-order valence-electron chi connectivity index (χ3n) is 3.57. The van der Waals surface area contributed by atoms with Crippen molar-refractivity contribution in [1.29, 1.82) is 0 Å². The van der Waals surface area contributed by atoms with Crippen molar-refractivity contribution >= 4 is 20.7 Å². The number of para-hydroxylation sites is 1. The highest BCUT2D eigenvalue weighted by molar-refractivity contribution is 7.91. The maximum Gasteiger partial charge on any atom is 0.255 e. The van der Waals surface area contributed by atoms with E-state index in [1.165, 1.54) is 0 Å². The average molecular weight is 308 g/mol. The summed E-state index contributed by atoms with van der Waals surface area (Å²) in [5, 5.41) is 0.941. The molecule has 0 amide bonds. The molecule has 0 bridgehead atoms. The number of aromatic nitrogens is 1. The van der Waals surface area contributed by atoms with E-state index in [0.717, 1.165) is 10.9 Å². The predicted molar refractivity (Wildman–Crippen MR) is 85.0 cm³/mol. The van der Waals surface area contributed by atoms with Crippen molar-refractivity contribution in [2.24, 2.45) is 5.73 Å². The molecule has 0 fully saturated rings. The highest BCUT2D eigenvalue weighted by Crippen LogP contribution is 2.13. The lowest BCUT2D eigenvalue weighted by Gasteiger charge is -2.12. The normalized spacial score (nSPS) is 11.9. The Morgan fingerprint density at radius 1 is 1.24 bits per heavy atom. The van der Waals surface area contributed by atoms with Gasteiger partial charge in [-0.05, 0) is 23.9 Å². The highest BCUT2D eigenvalue weighted by atomic mass is 32.2. The summed E-state index contributed by atoms with van der Waals surface area (Å²) in [6.45, 7) is 2.19. The molecule has 0 radical (unpaired) electrons. The molecule has 1 aromatic heterocycles. The number of rotatable bonds is 6. The summed E-state index contributed by atoms with van der Waals surface area (Å²) < 4.78 is 24.7. The fourth-order valence-electron chi connectivity index (χ4n) is 2.34. The van der Waals surface area contributed by atoms with Gasteiger partial charge in [-0.25, -0.2) is 8.42 Å². The highest BCUT2D eigenvalue weighted by Gasteiger charge is 2.10. The van der Waals surface area contributed by atoms with E-state index in [2.05, 4.69) is 0 Å². The molecule has 6 heteroatoms. The van der Waals surface area contributed by atoms with Crippen molar-refractivity contribution in [2.45, 2.75) is 26.4 Å². The summed E-state index contributed by atoms with van der Waals surface area (Å²) in [6.07, 6.45) is 0.425. The standard InChI is InChI=1S/C15H20N2O3S/c1-2-21(19,20)9-5-8-17-14-7-4-3-6-12(14)10-13(11-16)15(17)18/h3-4,6-7,10H,2,5,8-9,11,16H2,1H3. The predicted octanol–water partition coefficient (Wildman–Crippen LogP) is 1.28. The Balaban J connectivity index is 2.38. The Bertz CT molecular complexity index is 794. The molecule has 0 unspecified atom stereocenters. The third kappa shape index (κ3) is 3.51. The summed E-state index contributed by atoms with van der Waals surface area (Å²) in [5.41, 5.74) is 6.85. The molecule has 0 atom stereocenters. The minimum Gasteiger partial charge on any atom is -0.326 e. The van der Waals surface area contributed by atoms with Crippen LogP contribution < -0.4 is 11.3 Å². The Morgan fingerprint density at radius 2 is 1.95 bits per heavy atom. The maximum absolute atomic E-state index is 12.4. The third-order valence-corrected chi connectivity index (χ3v) is 5.36. The number of hydrogen-bond acceptors (Lipinski definition) is 4. The van der Waals surface area contributed by atoms with Gasteiger partial charge in [0, 0.05) is 24.4 Å². The van der Waals surface area contributed by atoms with E-state index in [0.29, 0.717) is 18.5 Å². The molecule has 5 nitrogen and oxygen atoms in total. The summed E-state index contributed by atoms with van der Waals surface area (Å²) in [5.74, 6) is 0.225.